The van der Waals surface area contributed by atoms with Gasteiger partial charge in [0.15, 0.2) is 6.29 Å². The maximum atomic E-state index is 11.2. The Morgan fingerprint density at radius 1 is 1.20 bits per heavy atom. The molecule has 0 bridgehead atoms. The lowest BCUT2D eigenvalue weighted by Gasteiger charge is -2.04. The van der Waals surface area contributed by atoms with Crippen molar-refractivity contribution in [2.75, 3.05) is 0 Å². The first-order valence-corrected chi connectivity index (χ1v) is 4.62. The third-order valence-electron chi connectivity index (χ3n) is 2.34. The Bertz CT molecular complexity index is 594. The molecule has 0 N–H and O–H groups in total. The SMILES string of the molecule is Cc1cc(C)c2c(C=O)cc(=O)oc2c1. The van der Waals surface area contributed by atoms with Gasteiger partial charge >= 0.3 is 5.63 Å². The summed E-state index contributed by atoms with van der Waals surface area (Å²) in [6, 6.07) is 4.93. The Labute approximate surface area is 86.3 Å². The van der Waals surface area contributed by atoms with Crippen LogP contribution in [0.4, 0.5) is 0 Å². The van der Waals surface area contributed by atoms with Crippen molar-refractivity contribution in [3.05, 3.63) is 45.3 Å². The van der Waals surface area contributed by atoms with Gasteiger partial charge in [-0.15, -0.1) is 0 Å². The first-order valence-electron chi connectivity index (χ1n) is 4.62. The molecule has 0 fully saturated rings. The molecule has 1 aromatic carbocycles. The number of fused-ring (bicyclic) bond motifs is 1. The van der Waals surface area contributed by atoms with E-state index in [9.17, 15) is 9.59 Å². The van der Waals surface area contributed by atoms with Crippen LogP contribution in [-0.2, 0) is 0 Å². The molecule has 0 amide bonds. The number of carbonyl (C=O) groups is 1. The van der Waals surface area contributed by atoms with Gasteiger partial charge < -0.3 is 4.42 Å². The van der Waals surface area contributed by atoms with Crippen LogP contribution in [0.5, 0.6) is 0 Å². The van der Waals surface area contributed by atoms with Gasteiger partial charge in [0.25, 0.3) is 0 Å². The van der Waals surface area contributed by atoms with E-state index in [-0.39, 0.29) is 0 Å². The lowest BCUT2D eigenvalue weighted by Crippen LogP contribution is -2.01. The summed E-state index contributed by atoms with van der Waals surface area (Å²) in [5, 5.41) is 0.718. The van der Waals surface area contributed by atoms with E-state index in [0.29, 0.717) is 17.4 Å². The maximum Gasteiger partial charge on any atom is 0.336 e. The van der Waals surface area contributed by atoms with Crippen molar-refractivity contribution in [3.8, 4) is 0 Å². The van der Waals surface area contributed by atoms with Crippen LogP contribution in [0, 0.1) is 13.8 Å². The van der Waals surface area contributed by atoms with E-state index in [1.165, 1.54) is 6.07 Å². The topological polar surface area (TPSA) is 47.3 Å². The number of carbonyl (C=O) groups excluding carboxylic acids is 1. The summed E-state index contributed by atoms with van der Waals surface area (Å²) in [4.78, 5) is 22.0. The van der Waals surface area contributed by atoms with Gasteiger partial charge in [-0.1, -0.05) is 6.07 Å². The predicted molar refractivity (Wildman–Crippen MR) is 57.3 cm³/mol. The summed E-state index contributed by atoms with van der Waals surface area (Å²) >= 11 is 0. The van der Waals surface area contributed by atoms with Crippen molar-refractivity contribution in [2.24, 2.45) is 0 Å². The van der Waals surface area contributed by atoms with Crippen molar-refractivity contribution >= 4 is 17.3 Å². The minimum Gasteiger partial charge on any atom is -0.423 e. The van der Waals surface area contributed by atoms with Crippen LogP contribution in [0.25, 0.3) is 11.0 Å². The molecule has 0 spiro atoms. The van der Waals surface area contributed by atoms with Crippen molar-refractivity contribution in [1.82, 2.24) is 0 Å². The molecule has 0 radical (unpaired) electrons. The zero-order valence-corrected chi connectivity index (χ0v) is 8.53. The lowest BCUT2D eigenvalue weighted by atomic mass is 10.0. The molecule has 76 valence electrons. The average molecular weight is 202 g/mol. The minimum atomic E-state index is -0.491. The number of aryl methyl sites for hydroxylation is 2. The van der Waals surface area contributed by atoms with Gasteiger partial charge in [-0.2, -0.15) is 0 Å². The molecule has 0 aliphatic carbocycles. The number of aldehydes is 1. The number of rotatable bonds is 1. The molecule has 0 aliphatic rings. The molecule has 0 saturated carbocycles. The summed E-state index contributed by atoms with van der Waals surface area (Å²) in [7, 11) is 0. The molecule has 0 aliphatic heterocycles. The summed E-state index contributed by atoms with van der Waals surface area (Å²) in [6.45, 7) is 3.81. The van der Waals surface area contributed by atoms with Gasteiger partial charge in [0.05, 0.1) is 0 Å². The molecule has 0 saturated heterocycles. The van der Waals surface area contributed by atoms with Gasteiger partial charge in [-0.05, 0) is 31.0 Å². The molecule has 3 heteroatoms. The Kier molecular flexibility index (Phi) is 2.15. The second kappa shape index (κ2) is 3.35. The second-order valence-electron chi connectivity index (χ2n) is 3.59. The third kappa shape index (κ3) is 1.56. The lowest BCUT2D eigenvalue weighted by molar-refractivity contribution is 0.112. The molecule has 0 unspecified atom stereocenters. The molecular formula is C12H10O3. The van der Waals surface area contributed by atoms with Crippen molar-refractivity contribution < 1.29 is 9.21 Å². The molecule has 1 aromatic heterocycles. The summed E-state index contributed by atoms with van der Waals surface area (Å²) in [6.07, 6.45) is 0.682. The zero-order valence-electron chi connectivity index (χ0n) is 8.53. The number of benzene rings is 1. The number of hydrogen-bond acceptors (Lipinski definition) is 3. The molecule has 2 rings (SSSR count). The normalized spacial score (nSPS) is 10.5. The van der Waals surface area contributed by atoms with Gasteiger partial charge in [0, 0.05) is 17.0 Å². The van der Waals surface area contributed by atoms with E-state index in [1.54, 1.807) is 6.07 Å². The highest BCUT2D eigenvalue weighted by molar-refractivity contribution is 5.97. The van der Waals surface area contributed by atoms with Crippen LogP contribution in [0.15, 0.2) is 27.4 Å². The Hall–Kier alpha value is -1.90. The molecule has 1 heterocycles. The van der Waals surface area contributed by atoms with Crippen LogP contribution >= 0.6 is 0 Å². The fourth-order valence-electron chi connectivity index (χ4n) is 1.81. The summed E-state index contributed by atoms with van der Waals surface area (Å²) in [5.41, 5.74) is 2.32. The van der Waals surface area contributed by atoms with Crippen molar-refractivity contribution in [1.29, 1.82) is 0 Å². The van der Waals surface area contributed by atoms with Crippen LogP contribution in [0.1, 0.15) is 21.5 Å². The van der Waals surface area contributed by atoms with E-state index in [2.05, 4.69) is 0 Å². The smallest absolute Gasteiger partial charge is 0.336 e. The van der Waals surface area contributed by atoms with E-state index >= 15 is 0 Å². The highest BCUT2D eigenvalue weighted by Crippen LogP contribution is 2.21. The number of hydrogen-bond donors (Lipinski definition) is 0. The van der Waals surface area contributed by atoms with Gasteiger partial charge in [0.2, 0.25) is 0 Å². The Morgan fingerprint density at radius 2 is 1.93 bits per heavy atom. The zero-order chi connectivity index (χ0) is 11.0. The molecular weight excluding hydrogens is 192 g/mol. The van der Waals surface area contributed by atoms with Gasteiger partial charge in [-0.25, -0.2) is 4.79 Å². The predicted octanol–water partition coefficient (Wildman–Crippen LogP) is 2.22. The quantitative estimate of drug-likeness (QED) is 0.526. The monoisotopic (exact) mass is 202 g/mol. The third-order valence-corrected chi connectivity index (χ3v) is 2.34. The van der Waals surface area contributed by atoms with Crippen molar-refractivity contribution in [2.45, 2.75) is 13.8 Å². The van der Waals surface area contributed by atoms with Crippen LogP contribution in [0.2, 0.25) is 0 Å². The Morgan fingerprint density at radius 3 is 2.60 bits per heavy atom. The fourth-order valence-corrected chi connectivity index (χ4v) is 1.81. The Balaban J connectivity index is 3.02. The molecule has 3 nitrogen and oxygen atoms in total. The van der Waals surface area contributed by atoms with E-state index in [1.807, 2.05) is 19.9 Å². The van der Waals surface area contributed by atoms with Crippen LogP contribution in [-0.4, -0.2) is 6.29 Å². The molecule has 15 heavy (non-hydrogen) atoms. The highest BCUT2D eigenvalue weighted by atomic mass is 16.4. The van der Waals surface area contributed by atoms with Crippen molar-refractivity contribution in [3.63, 3.8) is 0 Å². The first-order chi connectivity index (χ1) is 7.11. The maximum absolute atomic E-state index is 11.2. The largest absolute Gasteiger partial charge is 0.423 e. The average Bonchev–Trinajstić information content (AvgIpc) is 2.14. The van der Waals surface area contributed by atoms with Crippen LogP contribution in [0.3, 0.4) is 0 Å². The summed E-state index contributed by atoms with van der Waals surface area (Å²) in [5.74, 6) is 0. The summed E-state index contributed by atoms with van der Waals surface area (Å²) < 4.78 is 5.05. The van der Waals surface area contributed by atoms with E-state index in [4.69, 9.17) is 4.42 Å². The fraction of sp³-hybridized carbons (Fsp3) is 0.167. The van der Waals surface area contributed by atoms with Gasteiger partial charge in [-0.3, -0.25) is 4.79 Å². The van der Waals surface area contributed by atoms with E-state index < -0.39 is 5.63 Å². The minimum absolute atomic E-state index is 0.388. The second-order valence-corrected chi connectivity index (χ2v) is 3.59. The highest BCUT2D eigenvalue weighted by Gasteiger charge is 2.07. The molecule has 0 atom stereocenters. The first kappa shape index (κ1) is 9.65. The van der Waals surface area contributed by atoms with Crippen LogP contribution < -0.4 is 5.63 Å². The van der Waals surface area contributed by atoms with Gasteiger partial charge in [0.1, 0.15) is 5.58 Å². The standard InChI is InChI=1S/C12H10O3/c1-7-3-8(2)12-9(6-13)5-11(14)15-10(12)4-7/h3-6H,1-2H3. The molecule has 2 aromatic rings. The van der Waals surface area contributed by atoms with E-state index in [0.717, 1.165) is 16.5 Å².